The van der Waals surface area contributed by atoms with Crippen LogP contribution in [0.2, 0.25) is 0 Å². The summed E-state index contributed by atoms with van der Waals surface area (Å²) < 4.78 is 4.94. The molecule has 2 aromatic heterocycles. The van der Waals surface area contributed by atoms with Gasteiger partial charge in [0.15, 0.2) is 5.82 Å². The molecule has 2 rings (SSSR count). The number of hydrogen-bond acceptors (Lipinski definition) is 6. The molecule has 2 aromatic rings. The summed E-state index contributed by atoms with van der Waals surface area (Å²) >= 11 is 1.55. The van der Waals surface area contributed by atoms with Crippen molar-refractivity contribution < 1.29 is 9.53 Å². The summed E-state index contributed by atoms with van der Waals surface area (Å²) in [5.41, 5.74) is 0.347. The normalized spacial score (nSPS) is 9.20. The molecule has 1 N–H and O–H groups in total. The van der Waals surface area contributed by atoms with E-state index in [0.29, 0.717) is 23.8 Å². The number of carbonyl (C=O) groups is 1. The van der Waals surface area contributed by atoms with Gasteiger partial charge >= 0.3 is 5.97 Å². The first-order chi connectivity index (χ1) is 9.76. The Bertz CT molecular complexity index is 579. The van der Waals surface area contributed by atoms with Crippen molar-refractivity contribution in [3.05, 3.63) is 29.3 Å². The molecule has 0 aliphatic heterocycles. The number of carbonyl (C=O) groups excluding carboxylic acids is 1. The Labute approximate surface area is 122 Å². The van der Waals surface area contributed by atoms with E-state index in [1.165, 1.54) is 6.20 Å². The van der Waals surface area contributed by atoms with Gasteiger partial charge in [-0.1, -0.05) is 6.07 Å². The van der Waals surface area contributed by atoms with E-state index in [2.05, 4.69) is 28.1 Å². The highest BCUT2D eigenvalue weighted by molar-refractivity contribution is 7.13. The minimum Gasteiger partial charge on any atom is -0.462 e. The zero-order chi connectivity index (χ0) is 15.0. The lowest BCUT2D eigenvalue weighted by molar-refractivity contribution is 0.0526. The molecule has 0 aliphatic carbocycles. The Morgan fingerprint density at radius 3 is 2.80 bits per heavy atom. The smallest absolute Gasteiger partial charge is 0.343 e. The number of nitrogens with one attached hydrogen (secondary N) is 1. The first-order valence-electron chi connectivity index (χ1n) is 5.85. The van der Waals surface area contributed by atoms with Crippen molar-refractivity contribution in [3.8, 4) is 23.5 Å². The molecule has 0 bridgehead atoms. The van der Waals surface area contributed by atoms with Crippen LogP contribution in [0, 0.1) is 12.8 Å². The van der Waals surface area contributed by atoms with Gasteiger partial charge in [-0.05, 0) is 18.4 Å². The maximum atomic E-state index is 11.7. The van der Waals surface area contributed by atoms with Gasteiger partial charge in [0.2, 0.25) is 0 Å². The van der Waals surface area contributed by atoms with Gasteiger partial charge in [-0.2, -0.15) is 0 Å². The van der Waals surface area contributed by atoms with E-state index >= 15 is 0 Å². The number of terminal acetylenes is 1. The third-order valence-electron chi connectivity index (χ3n) is 2.26. The van der Waals surface area contributed by atoms with E-state index in [0.717, 1.165) is 4.88 Å². The average Bonchev–Trinajstić information content (AvgIpc) is 3.03. The minimum absolute atomic E-state index is 0.328. The van der Waals surface area contributed by atoms with E-state index in [1.807, 2.05) is 17.5 Å². The zero-order valence-electron chi connectivity index (χ0n) is 11.3. The van der Waals surface area contributed by atoms with E-state index < -0.39 is 5.97 Å². The van der Waals surface area contributed by atoms with Crippen molar-refractivity contribution in [2.24, 2.45) is 0 Å². The summed E-state index contributed by atoms with van der Waals surface area (Å²) in [5.74, 6) is 0.661. The second-order valence-electron chi connectivity index (χ2n) is 3.40. The fourth-order valence-corrected chi connectivity index (χ4v) is 2.12. The van der Waals surface area contributed by atoms with Crippen molar-refractivity contribution in [2.45, 2.75) is 6.92 Å². The summed E-state index contributed by atoms with van der Waals surface area (Å²) in [5, 5.41) is 4.85. The molecule has 0 saturated heterocycles. The molecule has 20 heavy (non-hydrogen) atoms. The van der Waals surface area contributed by atoms with Gasteiger partial charge in [0.05, 0.1) is 11.5 Å². The van der Waals surface area contributed by atoms with Crippen molar-refractivity contribution >= 4 is 23.1 Å². The van der Waals surface area contributed by atoms with Crippen molar-refractivity contribution in [1.29, 1.82) is 0 Å². The molecule has 0 spiro atoms. The van der Waals surface area contributed by atoms with E-state index in [-0.39, 0.29) is 0 Å². The highest BCUT2D eigenvalue weighted by atomic mass is 32.1. The molecule has 0 aromatic carbocycles. The lowest BCUT2D eigenvalue weighted by Crippen LogP contribution is -2.10. The van der Waals surface area contributed by atoms with Gasteiger partial charge in [-0.15, -0.1) is 24.2 Å². The first-order valence-corrected chi connectivity index (χ1v) is 6.73. The summed E-state index contributed by atoms with van der Waals surface area (Å²) in [6, 6.07) is 3.87. The Kier molecular flexibility index (Phi) is 6.20. The van der Waals surface area contributed by atoms with Crippen LogP contribution in [0.15, 0.2) is 23.7 Å². The zero-order valence-corrected chi connectivity index (χ0v) is 12.1. The molecule has 104 valence electrons. The van der Waals surface area contributed by atoms with Gasteiger partial charge < -0.3 is 10.1 Å². The number of hydrogen-bond donors (Lipinski definition) is 1. The van der Waals surface area contributed by atoms with Gasteiger partial charge in [0.1, 0.15) is 11.4 Å². The fourth-order valence-electron chi connectivity index (χ4n) is 1.46. The SMILES string of the molecule is C#C.CCOC(=O)c1cnc(-c2cccs2)nc1NC. The Balaban J connectivity index is 0.000000956. The summed E-state index contributed by atoms with van der Waals surface area (Å²) in [6.45, 7) is 2.09. The average molecular weight is 289 g/mol. The van der Waals surface area contributed by atoms with Crippen LogP contribution in [0.3, 0.4) is 0 Å². The van der Waals surface area contributed by atoms with Crippen LogP contribution >= 0.6 is 11.3 Å². The predicted molar refractivity (Wildman–Crippen MR) is 80.7 cm³/mol. The molecule has 0 radical (unpaired) electrons. The lowest BCUT2D eigenvalue weighted by Gasteiger charge is -2.08. The van der Waals surface area contributed by atoms with Crippen LogP contribution in [-0.2, 0) is 4.74 Å². The molecule has 0 fully saturated rings. The molecule has 2 heterocycles. The van der Waals surface area contributed by atoms with E-state index in [4.69, 9.17) is 4.74 Å². The molecule has 6 heteroatoms. The minimum atomic E-state index is -0.417. The number of aromatic nitrogens is 2. The van der Waals surface area contributed by atoms with Gasteiger partial charge in [0, 0.05) is 13.2 Å². The Morgan fingerprint density at radius 2 is 2.25 bits per heavy atom. The number of nitrogens with zero attached hydrogens (tertiary/aromatic N) is 2. The van der Waals surface area contributed by atoms with Gasteiger partial charge in [-0.3, -0.25) is 0 Å². The fraction of sp³-hybridized carbons (Fsp3) is 0.214. The van der Waals surface area contributed by atoms with Crippen LogP contribution in [0.5, 0.6) is 0 Å². The highest BCUT2D eigenvalue weighted by Crippen LogP contribution is 2.23. The van der Waals surface area contributed by atoms with Crippen LogP contribution in [0.25, 0.3) is 10.7 Å². The highest BCUT2D eigenvalue weighted by Gasteiger charge is 2.15. The van der Waals surface area contributed by atoms with Gasteiger partial charge in [-0.25, -0.2) is 14.8 Å². The van der Waals surface area contributed by atoms with Crippen LogP contribution in [0.4, 0.5) is 5.82 Å². The molecule has 5 nitrogen and oxygen atoms in total. The molecule has 0 unspecified atom stereocenters. The van der Waals surface area contributed by atoms with Crippen molar-refractivity contribution in [1.82, 2.24) is 9.97 Å². The predicted octanol–water partition coefficient (Wildman–Crippen LogP) is 2.67. The second-order valence-corrected chi connectivity index (χ2v) is 4.35. The molecule has 0 atom stereocenters. The van der Waals surface area contributed by atoms with Gasteiger partial charge in [0.25, 0.3) is 0 Å². The monoisotopic (exact) mass is 289 g/mol. The lowest BCUT2D eigenvalue weighted by atomic mass is 10.3. The maximum Gasteiger partial charge on any atom is 0.343 e. The van der Waals surface area contributed by atoms with E-state index in [9.17, 15) is 4.79 Å². The second kappa shape index (κ2) is 7.92. The number of thiophene rings is 1. The molecular formula is C14H15N3O2S. The molecule has 0 aliphatic rings. The van der Waals surface area contributed by atoms with E-state index in [1.54, 1.807) is 25.3 Å². The van der Waals surface area contributed by atoms with Crippen LogP contribution in [0.1, 0.15) is 17.3 Å². The summed E-state index contributed by atoms with van der Waals surface area (Å²) in [6.07, 6.45) is 9.49. The summed E-state index contributed by atoms with van der Waals surface area (Å²) in [7, 11) is 1.71. The first kappa shape index (κ1) is 15.7. The topological polar surface area (TPSA) is 64.1 Å². The molecular weight excluding hydrogens is 274 g/mol. The molecule has 0 saturated carbocycles. The Hall–Kier alpha value is -2.39. The number of rotatable bonds is 4. The number of esters is 1. The van der Waals surface area contributed by atoms with Crippen molar-refractivity contribution in [2.75, 3.05) is 19.0 Å². The standard InChI is InChI=1S/C12H13N3O2S.C2H2/c1-3-17-12(16)8-7-14-11(15-10(8)13-2)9-5-4-6-18-9;1-2/h4-7H,3H2,1-2H3,(H,13,14,15);1-2H. The number of anilines is 1. The van der Waals surface area contributed by atoms with Crippen LogP contribution in [-0.4, -0.2) is 29.6 Å². The largest absolute Gasteiger partial charge is 0.462 e. The third-order valence-corrected chi connectivity index (χ3v) is 3.13. The van der Waals surface area contributed by atoms with Crippen LogP contribution < -0.4 is 5.32 Å². The summed E-state index contributed by atoms with van der Waals surface area (Å²) in [4.78, 5) is 21.2. The Morgan fingerprint density at radius 1 is 1.50 bits per heavy atom. The molecule has 0 amide bonds. The number of ether oxygens (including phenoxy) is 1. The van der Waals surface area contributed by atoms with Crippen molar-refractivity contribution in [3.63, 3.8) is 0 Å². The maximum absolute atomic E-state index is 11.7. The quantitative estimate of drug-likeness (QED) is 0.692. The third kappa shape index (κ3) is 3.56.